The van der Waals surface area contributed by atoms with Crippen molar-refractivity contribution in [3.63, 3.8) is 0 Å². The minimum absolute atomic E-state index is 0.0188. The van der Waals surface area contributed by atoms with Crippen LogP contribution in [0.1, 0.15) is 28.6 Å². The summed E-state index contributed by atoms with van der Waals surface area (Å²) in [5, 5.41) is 20.1. The maximum atomic E-state index is 14.5. The summed E-state index contributed by atoms with van der Waals surface area (Å²) in [5.74, 6) is -6.97. The first-order chi connectivity index (χ1) is 26.4. The van der Waals surface area contributed by atoms with E-state index in [9.17, 15) is 45.6 Å². The lowest BCUT2D eigenvalue weighted by molar-refractivity contribution is -0.276. The molecule has 4 aromatic rings. The lowest BCUT2D eigenvalue weighted by atomic mass is 10.2. The average Bonchev–Trinajstić information content (AvgIpc) is 3.81. The predicted molar refractivity (Wildman–Crippen MR) is 167 cm³/mol. The number of benzene rings is 3. The van der Waals surface area contributed by atoms with Crippen molar-refractivity contribution in [3.05, 3.63) is 138 Å². The first-order valence-electron chi connectivity index (χ1n) is 15.2. The van der Waals surface area contributed by atoms with Crippen LogP contribution in [-0.4, -0.2) is 27.7 Å². The number of allylic oxidation sites excluding steroid dienone is 2. The third-order valence-corrected chi connectivity index (χ3v) is 7.66. The van der Waals surface area contributed by atoms with Crippen LogP contribution in [-0.2, 0) is 0 Å². The normalized spacial score (nSPS) is 16.4. The average molecular weight is 773 g/mol. The number of nitrogens with zero attached hydrogens (tertiary/aromatic N) is 12. The van der Waals surface area contributed by atoms with Crippen LogP contribution in [0.25, 0.3) is 21.7 Å². The Morgan fingerprint density at radius 2 is 0.964 bits per heavy atom. The molecule has 0 N–H and O–H groups in total. The maximum absolute atomic E-state index is 14.5. The van der Waals surface area contributed by atoms with Crippen molar-refractivity contribution in [1.82, 2.24) is 15.0 Å². The van der Waals surface area contributed by atoms with Gasteiger partial charge in [-0.15, -0.1) is 26.3 Å². The van der Waals surface area contributed by atoms with Gasteiger partial charge < -0.3 is 9.47 Å². The number of alkyl halides is 6. The van der Waals surface area contributed by atoms with E-state index in [0.717, 1.165) is 12.1 Å². The fraction of sp³-hybridized carbons (Fsp3) is 0.118. The molecule has 3 aliphatic heterocycles. The van der Waals surface area contributed by atoms with Gasteiger partial charge in [0.15, 0.2) is 46.5 Å². The Bertz CT molecular complexity index is 2910. The highest BCUT2D eigenvalue weighted by molar-refractivity contribution is 5.80. The highest BCUT2D eigenvalue weighted by Gasteiger charge is 2.34. The molecule has 0 radical (unpaired) electrons. The molecular formula is C34H12F8N12O2. The smallest absolute Gasteiger partial charge is 0.405 e. The Balaban J connectivity index is 1.46. The molecule has 4 heterocycles. The number of halogens is 8. The van der Waals surface area contributed by atoms with Gasteiger partial charge in [0.25, 0.3) is 5.70 Å². The number of hydrogen-bond acceptors (Lipinski definition) is 13. The molecule has 0 aliphatic carbocycles. The summed E-state index contributed by atoms with van der Waals surface area (Å²) >= 11 is 0. The van der Waals surface area contributed by atoms with Crippen molar-refractivity contribution < 1.29 is 44.6 Å². The monoisotopic (exact) mass is 772 g/mol. The SMILES string of the molecule is [C-]#[N+]/C(=C1\N=c2cc(F)c(OC(F)(F)F)cc2=N1)c1nc(/C(C#N)=C2/N=c3cc(C)c(OC(F)(F)F)cc3=N2)nc(/C(C#N)=C2\N=c3cc(C)c(F)cc3=N2)n1. The number of ether oxygens (including phenoxy) is 2. The molecule has 1 aromatic heterocycles. The van der Waals surface area contributed by atoms with Gasteiger partial charge in [0, 0.05) is 24.3 Å². The van der Waals surface area contributed by atoms with Gasteiger partial charge in [-0.2, -0.15) is 10.5 Å². The van der Waals surface area contributed by atoms with Crippen LogP contribution in [0.2, 0.25) is 0 Å². The van der Waals surface area contributed by atoms with Gasteiger partial charge in [0.2, 0.25) is 0 Å². The van der Waals surface area contributed by atoms with E-state index in [2.05, 4.69) is 59.2 Å². The predicted octanol–water partition coefficient (Wildman–Crippen LogP) is 3.35. The van der Waals surface area contributed by atoms with Crippen molar-refractivity contribution in [2.75, 3.05) is 0 Å². The topological polar surface area (TPSA) is 183 Å². The third kappa shape index (κ3) is 6.99. The standard InChI is InChI=1S/C34H12F8N12O2/c1-12-4-18-20(6-16(12)35)48-27(46-18)14(10-43)29-52-30(15(11-44)28-47-19-5-13(2)24(8-22(19)49-28)55-33(37,38)39)54-32(53-29)26(45-3)31-50-21-7-17(36)25(9-23(21)51-31)56-34(40,41)42/h4-9H,1-2H3/b27-14+,28-15-,31-26+. The zero-order valence-corrected chi connectivity index (χ0v) is 27.7. The number of hydrogen-bond donors (Lipinski definition) is 0. The van der Waals surface area contributed by atoms with E-state index >= 15 is 0 Å². The lowest BCUT2D eigenvalue weighted by Gasteiger charge is -2.10. The summed E-state index contributed by atoms with van der Waals surface area (Å²) in [4.78, 5) is 40.8. The second kappa shape index (κ2) is 13.2. The molecule has 3 aliphatic rings. The summed E-state index contributed by atoms with van der Waals surface area (Å²) in [6, 6.07) is 9.38. The number of fused-ring (bicyclic) bond motifs is 3. The van der Waals surface area contributed by atoms with Crippen molar-refractivity contribution in [2.45, 2.75) is 26.6 Å². The van der Waals surface area contributed by atoms with E-state index in [1.807, 2.05) is 6.07 Å². The van der Waals surface area contributed by atoms with Crippen LogP contribution in [0, 0.1) is 54.7 Å². The van der Waals surface area contributed by atoms with Crippen molar-refractivity contribution >= 4 is 16.8 Å². The summed E-state index contributed by atoms with van der Waals surface area (Å²) in [6.07, 6.45) is -10.3. The van der Waals surface area contributed by atoms with E-state index in [4.69, 9.17) is 6.57 Å². The van der Waals surface area contributed by atoms with Crippen molar-refractivity contribution in [3.8, 4) is 23.6 Å². The Hall–Kier alpha value is -7.80. The lowest BCUT2D eigenvalue weighted by Crippen LogP contribution is -2.25. The first-order valence-corrected chi connectivity index (χ1v) is 15.2. The van der Waals surface area contributed by atoms with E-state index < -0.39 is 81.8 Å². The van der Waals surface area contributed by atoms with Crippen LogP contribution in [0.4, 0.5) is 35.1 Å². The molecule has 0 atom stereocenters. The fourth-order valence-corrected chi connectivity index (χ4v) is 5.22. The maximum Gasteiger partial charge on any atom is 0.573 e. The summed E-state index contributed by atoms with van der Waals surface area (Å²) in [5.41, 5.74) is -1.42. The van der Waals surface area contributed by atoms with Gasteiger partial charge in [-0.25, -0.2) is 58.5 Å². The van der Waals surface area contributed by atoms with Gasteiger partial charge in [-0.1, -0.05) is 0 Å². The number of aryl methyl sites for hydroxylation is 2. The van der Waals surface area contributed by atoms with E-state index in [1.54, 1.807) is 6.07 Å². The largest absolute Gasteiger partial charge is 0.573 e. The second-order valence-corrected chi connectivity index (χ2v) is 11.4. The zero-order chi connectivity index (χ0) is 40.3. The molecule has 0 fully saturated rings. The minimum atomic E-state index is -5.26. The Morgan fingerprint density at radius 1 is 0.571 bits per heavy atom. The minimum Gasteiger partial charge on any atom is -0.405 e. The highest BCUT2D eigenvalue weighted by Crippen LogP contribution is 2.29. The molecule has 0 spiro atoms. The molecule has 3 aromatic carbocycles. The third-order valence-electron chi connectivity index (χ3n) is 7.66. The quantitative estimate of drug-likeness (QED) is 0.169. The summed E-state index contributed by atoms with van der Waals surface area (Å²) in [6.45, 7) is 10.7. The van der Waals surface area contributed by atoms with Crippen LogP contribution in [0.15, 0.2) is 83.8 Å². The molecule has 7 rings (SSSR count). The van der Waals surface area contributed by atoms with E-state index in [0.29, 0.717) is 12.1 Å². The van der Waals surface area contributed by atoms with Crippen molar-refractivity contribution in [1.29, 1.82) is 10.5 Å². The molecule has 0 amide bonds. The fourth-order valence-electron chi connectivity index (χ4n) is 5.22. The van der Waals surface area contributed by atoms with E-state index in [-0.39, 0.29) is 49.1 Å². The number of rotatable bonds is 5. The van der Waals surface area contributed by atoms with Gasteiger partial charge in [-0.3, -0.25) is 0 Å². The summed E-state index contributed by atoms with van der Waals surface area (Å²) < 4.78 is 114. The number of nitriles is 2. The molecule has 0 saturated heterocycles. The highest BCUT2D eigenvalue weighted by atomic mass is 19.4. The number of aromatic nitrogens is 3. The van der Waals surface area contributed by atoms with Gasteiger partial charge in [0.05, 0.1) is 38.7 Å². The van der Waals surface area contributed by atoms with Gasteiger partial charge in [-0.05, 0) is 37.1 Å². The molecule has 0 bridgehead atoms. The molecule has 14 nitrogen and oxygen atoms in total. The summed E-state index contributed by atoms with van der Waals surface area (Å²) in [7, 11) is 0. The van der Waals surface area contributed by atoms with Crippen LogP contribution < -0.4 is 41.6 Å². The Labute approximate surface area is 304 Å². The molecule has 276 valence electrons. The molecule has 0 unspecified atom stereocenters. The second-order valence-electron chi connectivity index (χ2n) is 11.4. The Kier molecular flexibility index (Phi) is 8.65. The van der Waals surface area contributed by atoms with Gasteiger partial charge >= 0.3 is 12.7 Å². The Morgan fingerprint density at radius 3 is 1.45 bits per heavy atom. The first kappa shape index (κ1) is 36.6. The molecule has 0 saturated carbocycles. The van der Waals surface area contributed by atoms with E-state index in [1.165, 1.54) is 26.0 Å². The van der Waals surface area contributed by atoms with Crippen molar-refractivity contribution in [2.24, 2.45) is 30.0 Å². The van der Waals surface area contributed by atoms with Crippen LogP contribution >= 0.6 is 0 Å². The van der Waals surface area contributed by atoms with Crippen LogP contribution in [0.5, 0.6) is 11.5 Å². The molecular weight excluding hydrogens is 760 g/mol. The zero-order valence-electron chi connectivity index (χ0n) is 27.7. The van der Waals surface area contributed by atoms with Gasteiger partial charge in [0.1, 0.15) is 34.9 Å². The molecule has 56 heavy (non-hydrogen) atoms. The van der Waals surface area contributed by atoms with Crippen LogP contribution in [0.3, 0.4) is 0 Å². The molecule has 22 heteroatoms.